The van der Waals surface area contributed by atoms with Crippen LogP contribution < -0.4 is 10.6 Å². The smallest absolute Gasteiger partial charge is 0.191 e. The number of fused-ring (bicyclic) bond motifs is 1. The van der Waals surface area contributed by atoms with Crippen LogP contribution in [0.25, 0.3) is 0 Å². The molecule has 1 saturated carbocycles. The van der Waals surface area contributed by atoms with E-state index in [4.69, 9.17) is 4.74 Å². The molecule has 168 valence electrons. The number of nitrogens with zero attached hydrogens (tertiary/aromatic N) is 4. The van der Waals surface area contributed by atoms with Crippen molar-refractivity contribution in [1.29, 1.82) is 0 Å². The first-order valence-electron chi connectivity index (χ1n) is 11.6. The summed E-state index contributed by atoms with van der Waals surface area (Å²) >= 11 is 0. The van der Waals surface area contributed by atoms with E-state index in [1.165, 1.54) is 43.2 Å². The van der Waals surface area contributed by atoms with Crippen LogP contribution in [-0.2, 0) is 29.7 Å². The van der Waals surface area contributed by atoms with Gasteiger partial charge in [0.25, 0.3) is 0 Å². The highest BCUT2D eigenvalue weighted by molar-refractivity contribution is 5.80. The molecule has 0 bridgehead atoms. The fourth-order valence-electron chi connectivity index (χ4n) is 5.25. The van der Waals surface area contributed by atoms with Crippen molar-refractivity contribution in [2.75, 3.05) is 20.7 Å². The number of benzene rings is 1. The Morgan fingerprint density at radius 2 is 2.06 bits per heavy atom. The van der Waals surface area contributed by atoms with Gasteiger partial charge in [0.2, 0.25) is 0 Å². The molecule has 4 rings (SSSR count). The predicted octanol–water partition coefficient (Wildman–Crippen LogP) is 3.11. The van der Waals surface area contributed by atoms with Crippen LogP contribution in [0.2, 0.25) is 0 Å². The third-order valence-electron chi connectivity index (χ3n) is 6.86. The summed E-state index contributed by atoms with van der Waals surface area (Å²) in [5.74, 6) is 2.69. The van der Waals surface area contributed by atoms with Gasteiger partial charge in [-0.3, -0.25) is 4.99 Å². The van der Waals surface area contributed by atoms with Gasteiger partial charge in [-0.25, -0.2) is 9.67 Å². The maximum Gasteiger partial charge on any atom is 0.191 e. The number of aliphatic imine (C=N–C) groups is 1. The second-order valence-corrected chi connectivity index (χ2v) is 9.02. The molecule has 0 saturated heterocycles. The van der Waals surface area contributed by atoms with E-state index >= 15 is 0 Å². The number of guanidine groups is 1. The van der Waals surface area contributed by atoms with Crippen molar-refractivity contribution < 1.29 is 4.74 Å². The van der Waals surface area contributed by atoms with Gasteiger partial charge in [0, 0.05) is 38.6 Å². The van der Waals surface area contributed by atoms with Crippen molar-refractivity contribution >= 4 is 5.96 Å². The summed E-state index contributed by atoms with van der Waals surface area (Å²) in [7, 11) is 3.53. The van der Waals surface area contributed by atoms with Gasteiger partial charge in [-0.05, 0) is 37.3 Å². The Morgan fingerprint density at radius 1 is 1.26 bits per heavy atom. The van der Waals surface area contributed by atoms with Crippen LogP contribution in [0.4, 0.5) is 0 Å². The highest BCUT2D eigenvalue weighted by Gasteiger charge is 2.35. The third-order valence-corrected chi connectivity index (χ3v) is 6.86. The van der Waals surface area contributed by atoms with Crippen LogP contribution in [0, 0.1) is 6.92 Å². The Kier molecular flexibility index (Phi) is 6.90. The average molecular weight is 425 g/mol. The molecular weight excluding hydrogens is 388 g/mol. The maximum absolute atomic E-state index is 5.18. The Bertz CT molecular complexity index is 899. The van der Waals surface area contributed by atoms with Crippen molar-refractivity contribution in [1.82, 2.24) is 25.4 Å². The van der Waals surface area contributed by atoms with Gasteiger partial charge in [-0.15, -0.1) is 0 Å². The molecule has 2 heterocycles. The highest BCUT2D eigenvalue weighted by Crippen LogP contribution is 2.40. The number of ether oxygens (including phenoxy) is 1. The van der Waals surface area contributed by atoms with Crippen molar-refractivity contribution in [2.24, 2.45) is 4.99 Å². The van der Waals surface area contributed by atoms with E-state index in [0.29, 0.717) is 6.61 Å². The predicted molar refractivity (Wildman–Crippen MR) is 123 cm³/mol. The van der Waals surface area contributed by atoms with Gasteiger partial charge in [-0.2, -0.15) is 5.10 Å². The van der Waals surface area contributed by atoms with Gasteiger partial charge in [-0.1, -0.05) is 43.5 Å². The van der Waals surface area contributed by atoms with Crippen LogP contribution in [-0.4, -0.2) is 47.5 Å². The van der Waals surface area contributed by atoms with Gasteiger partial charge in [0.15, 0.2) is 11.8 Å². The fourth-order valence-corrected chi connectivity index (χ4v) is 5.25. The zero-order chi connectivity index (χ0) is 21.7. The van der Waals surface area contributed by atoms with E-state index in [9.17, 15) is 0 Å². The number of aryl methyl sites for hydroxylation is 2. The normalized spacial score (nSPS) is 20.9. The first kappa shape index (κ1) is 21.8. The fraction of sp³-hybridized carbons (Fsp3) is 0.625. The van der Waals surface area contributed by atoms with Crippen LogP contribution in [0.15, 0.2) is 29.3 Å². The largest absolute Gasteiger partial charge is 0.377 e. The monoisotopic (exact) mass is 424 g/mol. The molecule has 31 heavy (non-hydrogen) atoms. The SMILES string of the molecule is CN=C(NCC1(c2ccccc2C)CCCCC1)NC1CCc2nc(COC)nn2C1. The molecule has 1 aliphatic heterocycles. The van der Waals surface area contributed by atoms with E-state index in [1.807, 2.05) is 11.7 Å². The van der Waals surface area contributed by atoms with Gasteiger partial charge in [0.1, 0.15) is 12.4 Å². The zero-order valence-electron chi connectivity index (χ0n) is 19.2. The summed E-state index contributed by atoms with van der Waals surface area (Å²) in [5.41, 5.74) is 3.07. The Balaban J connectivity index is 1.41. The van der Waals surface area contributed by atoms with Crippen LogP contribution >= 0.6 is 0 Å². The summed E-state index contributed by atoms with van der Waals surface area (Å²) in [4.78, 5) is 9.11. The number of nitrogens with one attached hydrogen (secondary N) is 2. The van der Waals surface area contributed by atoms with Crippen molar-refractivity contribution in [2.45, 2.75) is 76.5 Å². The number of aromatic nitrogens is 3. The maximum atomic E-state index is 5.18. The number of rotatable bonds is 6. The molecule has 1 aliphatic carbocycles. The lowest BCUT2D eigenvalue weighted by atomic mass is 9.68. The Morgan fingerprint density at radius 3 is 2.81 bits per heavy atom. The molecule has 0 spiro atoms. The summed E-state index contributed by atoms with van der Waals surface area (Å²) in [6, 6.07) is 9.18. The number of methoxy groups -OCH3 is 1. The molecular formula is C24H36N6O. The Labute approximate surface area is 185 Å². The summed E-state index contributed by atoms with van der Waals surface area (Å²) in [5, 5.41) is 11.9. The molecule has 1 aromatic carbocycles. The second kappa shape index (κ2) is 9.81. The first-order valence-corrected chi connectivity index (χ1v) is 11.6. The van der Waals surface area contributed by atoms with Crippen molar-refractivity contribution in [3.05, 3.63) is 47.0 Å². The third kappa shape index (κ3) is 4.92. The van der Waals surface area contributed by atoms with E-state index in [-0.39, 0.29) is 11.5 Å². The van der Waals surface area contributed by atoms with E-state index < -0.39 is 0 Å². The molecule has 1 unspecified atom stereocenters. The molecule has 2 aromatic rings. The molecule has 7 nitrogen and oxygen atoms in total. The molecule has 1 fully saturated rings. The van der Waals surface area contributed by atoms with Gasteiger partial charge >= 0.3 is 0 Å². The lowest BCUT2D eigenvalue weighted by molar-refractivity contribution is 0.177. The highest BCUT2D eigenvalue weighted by atomic mass is 16.5. The van der Waals surface area contributed by atoms with E-state index in [1.54, 1.807) is 7.11 Å². The summed E-state index contributed by atoms with van der Waals surface area (Å²) in [6.07, 6.45) is 8.33. The number of hydrogen-bond donors (Lipinski definition) is 2. The van der Waals surface area contributed by atoms with E-state index in [0.717, 1.165) is 43.5 Å². The Hall–Kier alpha value is -2.41. The van der Waals surface area contributed by atoms with Crippen LogP contribution in [0.5, 0.6) is 0 Å². The second-order valence-electron chi connectivity index (χ2n) is 9.02. The molecule has 2 aliphatic rings. The van der Waals surface area contributed by atoms with Crippen LogP contribution in [0.1, 0.15) is 61.3 Å². The quantitative estimate of drug-likeness (QED) is 0.550. The minimum absolute atomic E-state index is 0.182. The number of hydrogen-bond acceptors (Lipinski definition) is 4. The molecule has 0 radical (unpaired) electrons. The zero-order valence-corrected chi connectivity index (χ0v) is 19.2. The lowest BCUT2D eigenvalue weighted by Crippen LogP contribution is -2.51. The van der Waals surface area contributed by atoms with Crippen molar-refractivity contribution in [3.8, 4) is 0 Å². The average Bonchev–Trinajstić information content (AvgIpc) is 3.19. The summed E-state index contributed by atoms with van der Waals surface area (Å²) in [6.45, 7) is 4.42. The molecule has 0 amide bonds. The van der Waals surface area contributed by atoms with Crippen molar-refractivity contribution in [3.63, 3.8) is 0 Å². The molecule has 7 heteroatoms. The summed E-state index contributed by atoms with van der Waals surface area (Å²) < 4.78 is 7.19. The first-order chi connectivity index (χ1) is 15.1. The molecule has 1 aromatic heterocycles. The molecule has 2 N–H and O–H groups in total. The lowest BCUT2D eigenvalue weighted by Gasteiger charge is -2.39. The minimum Gasteiger partial charge on any atom is -0.377 e. The molecule has 1 atom stereocenters. The van der Waals surface area contributed by atoms with Crippen LogP contribution in [0.3, 0.4) is 0 Å². The standard InChI is InChI=1S/C24H36N6O/c1-18-9-5-6-10-20(18)24(13-7-4-8-14-24)17-26-23(25-2)27-19-11-12-22-28-21(16-31-3)29-30(22)15-19/h5-6,9-10,19H,4,7-8,11-17H2,1-3H3,(H2,25,26,27). The van der Waals surface area contributed by atoms with Gasteiger partial charge < -0.3 is 15.4 Å². The topological polar surface area (TPSA) is 76.4 Å². The minimum atomic E-state index is 0.182. The van der Waals surface area contributed by atoms with Gasteiger partial charge in [0.05, 0.1) is 6.54 Å². The van der Waals surface area contributed by atoms with E-state index in [2.05, 4.69) is 56.9 Å².